The Hall–Kier alpha value is -2.66. The van der Waals surface area contributed by atoms with Crippen molar-refractivity contribution in [1.29, 1.82) is 0 Å². The van der Waals surface area contributed by atoms with E-state index in [-0.39, 0.29) is 77.5 Å². The van der Waals surface area contributed by atoms with E-state index in [0.717, 1.165) is 75.6 Å². The van der Waals surface area contributed by atoms with Gasteiger partial charge in [0.1, 0.15) is 6.79 Å². The molecule has 0 amide bonds. The third kappa shape index (κ3) is 13.6. The monoisotopic (exact) mass is 961 g/mol. The lowest BCUT2D eigenvalue weighted by Crippen LogP contribution is -2.50. The Morgan fingerprint density at radius 2 is 1.70 bits per heavy atom. The van der Waals surface area contributed by atoms with E-state index >= 15 is 0 Å². The second-order valence-electron chi connectivity index (χ2n) is 19.1. The molecule has 2 aromatic rings. The van der Waals surface area contributed by atoms with E-state index in [9.17, 15) is 46.0 Å². The number of hydrogen-bond donors (Lipinski definition) is 10. The number of benzene rings is 2. The standard InChI is InChI=1S/C50H75NO13S2/c1-31-5-8-35(9-10-36(56)13-17-52)50(26-31)15-3-4-16-51-27-34-7-12-38(23-41(34)50)64-45-22-33-6-11-37(62-29-54)24-42(57)40(19-32-20-46(61-2)49(60)47(21-32)63-30-55)44(59)28-65-66-48(14-18-53)39(33)25-43(45)58/h20-22,25,31,34-38,40-42,44,48,51-60H,4-14,16-19,23-24,26-30H2,1-2H3. The molecular weight excluding hydrogens is 887 g/mol. The molecule has 370 valence electrons. The van der Waals surface area contributed by atoms with Gasteiger partial charge in [-0.2, -0.15) is 0 Å². The Morgan fingerprint density at radius 1 is 0.879 bits per heavy atom. The smallest absolute Gasteiger partial charge is 0.200 e. The van der Waals surface area contributed by atoms with Crippen LogP contribution in [0.3, 0.4) is 0 Å². The molecule has 0 aromatic heterocycles. The molecule has 14 nitrogen and oxygen atoms in total. The maximum Gasteiger partial charge on any atom is 0.200 e. The summed E-state index contributed by atoms with van der Waals surface area (Å²) in [5.74, 6) is 8.67. The minimum absolute atomic E-state index is 0.00293. The van der Waals surface area contributed by atoms with E-state index in [4.69, 9.17) is 18.9 Å². The molecule has 4 aliphatic rings. The van der Waals surface area contributed by atoms with Crippen molar-refractivity contribution in [3.05, 3.63) is 41.0 Å². The summed E-state index contributed by atoms with van der Waals surface area (Å²) in [6.07, 6.45) is 6.40. The predicted molar refractivity (Wildman–Crippen MR) is 255 cm³/mol. The van der Waals surface area contributed by atoms with Crippen molar-refractivity contribution < 1.29 is 64.9 Å². The molecule has 10 N–H and O–H groups in total. The molecular formula is C50H75NO13S2. The largest absolute Gasteiger partial charge is 0.504 e. The summed E-state index contributed by atoms with van der Waals surface area (Å²) in [5, 5.41) is 99.2. The quantitative estimate of drug-likeness (QED) is 0.0561. The van der Waals surface area contributed by atoms with Crippen LogP contribution in [0.15, 0.2) is 24.3 Å². The lowest BCUT2D eigenvalue weighted by molar-refractivity contribution is -0.0808. The molecule has 2 aliphatic carbocycles. The Morgan fingerprint density at radius 3 is 2.45 bits per heavy atom. The predicted octanol–water partition coefficient (Wildman–Crippen LogP) is 5.60. The number of nitrogens with one attached hydrogen (secondary N) is 1. The van der Waals surface area contributed by atoms with Gasteiger partial charge in [0.25, 0.3) is 0 Å². The normalized spacial score (nSPS) is 31.5. The zero-order chi connectivity index (χ0) is 47.2. The van der Waals surface area contributed by atoms with Gasteiger partial charge in [-0.1, -0.05) is 40.9 Å². The Labute approximate surface area is 398 Å². The van der Waals surface area contributed by atoms with Gasteiger partial charge in [0, 0.05) is 48.5 Å². The minimum Gasteiger partial charge on any atom is -0.504 e. The average molecular weight is 962 g/mol. The van der Waals surface area contributed by atoms with Crippen LogP contribution in [-0.4, -0.2) is 129 Å². The van der Waals surface area contributed by atoms with E-state index in [1.54, 1.807) is 12.1 Å². The highest BCUT2D eigenvalue weighted by Gasteiger charge is 2.52. The molecule has 0 saturated heterocycles. The second-order valence-corrected chi connectivity index (χ2v) is 21.7. The fraction of sp³-hybridized carbons (Fsp3) is 0.720. The number of phenols is 2. The van der Waals surface area contributed by atoms with Gasteiger partial charge in [-0.3, -0.25) is 0 Å². The lowest BCUT2D eigenvalue weighted by atomic mass is 9.51. The SMILES string of the molecule is COc1cc(CC2C(O)CSSC(CCO)c3cc(O)c(OC4CCC5CNCCC#CC6(CC(C)CCC6CCC(O)CCO)C5C4)cc3CCC(OCO)CC2O)cc(OCO)c1O. The number of rotatable bonds is 16. The van der Waals surface area contributed by atoms with Crippen LogP contribution in [0, 0.1) is 46.8 Å². The second kappa shape index (κ2) is 25.8. The lowest BCUT2D eigenvalue weighted by Gasteiger charge is -2.53. The van der Waals surface area contributed by atoms with Crippen LogP contribution in [0.5, 0.6) is 28.7 Å². The van der Waals surface area contributed by atoms with Crippen molar-refractivity contribution in [3.8, 4) is 40.6 Å². The minimum atomic E-state index is -1.08. The summed E-state index contributed by atoms with van der Waals surface area (Å²) in [6.45, 7) is 2.69. The first-order valence-electron chi connectivity index (χ1n) is 24.1. The van der Waals surface area contributed by atoms with Gasteiger partial charge >= 0.3 is 0 Å². The van der Waals surface area contributed by atoms with Gasteiger partial charge in [-0.25, -0.2) is 0 Å². The maximum absolute atomic E-state index is 11.8. The van der Waals surface area contributed by atoms with Gasteiger partial charge in [-0.15, -0.1) is 5.92 Å². The summed E-state index contributed by atoms with van der Waals surface area (Å²) in [6, 6.07) is 6.79. The zero-order valence-electron chi connectivity index (χ0n) is 38.7. The van der Waals surface area contributed by atoms with Gasteiger partial charge in [0.15, 0.2) is 29.8 Å². The maximum atomic E-state index is 11.8. The van der Waals surface area contributed by atoms with Crippen molar-refractivity contribution >= 4 is 21.6 Å². The van der Waals surface area contributed by atoms with Crippen molar-refractivity contribution in [1.82, 2.24) is 5.32 Å². The summed E-state index contributed by atoms with van der Waals surface area (Å²) < 4.78 is 23.3. The van der Waals surface area contributed by atoms with Crippen molar-refractivity contribution in [2.24, 2.45) is 35.0 Å². The fourth-order valence-corrected chi connectivity index (χ4v) is 14.3. The summed E-state index contributed by atoms with van der Waals surface area (Å²) in [7, 11) is 4.29. The molecule has 16 heteroatoms. The number of fused-ring (bicyclic) bond motifs is 3. The van der Waals surface area contributed by atoms with Crippen molar-refractivity contribution in [2.75, 3.05) is 52.8 Å². The summed E-state index contributed by atoms with van der Waals surface area (Å²) in [4.78, 5) is 0. The van der Waals surface area contributed by atoms with Crippen molar-refractivity contribution in [2.45, 2.75) is 139 Å². The molecule has 2 aromatic carbocycles. The summed E-state index contributed by atoms with van der Waals surface area (Å²) >= 11 is 0. The van der Waals surface area contributed by atoms with E-state index in [1.165, 1.54) is 34.8 Å². The average Bonchev–Trinajstić information content (AvgIpc) is 3.38. The van der Waals surface area contributed by atoms with E-state index < -0.39 is 43.9 Å². The van der Waals surface area contributed by atoms with Gasteiger partial charge in [0.05, 0.1) is 37.6 Å². The van der Waals surface area contributed by atoms with Crippen LogP contribution in [0.1, 0.15) is 112 Å². The number of phenolic OH excluding ortho intramolecular Hbond substituents is 2. The molecule has 2 saturated carbocycles. The molecule has 2 aliphatic heterocycles. The Bertz CT molecular complexity index is 1880. The van der Waals surface area contributed by atoms with Crippen LogP contribution in [-0.2, 0) is 17.6 Å². The number of aliphatic hydroxyl groups is 7. The Balaban J connectivity index is 1.27. The van der Waals surface area contributed by atoms with Crippen molar-refractivity contribution in [3.63, 3.8) is 0 Å². The highest BCUT2D eigenvalue weighted by molar-refractivity contribution is 8.76. The van der Waals surface area contributed by atoms with E-state index in [2.05, 4.69) is 24.1 Å². The third-order valence-electron chi connectivity index (χ3n) is 14.7. The van der Waals surface area contributed by atoms with Gasteiger partial charge in [0.2, 0.25) is 5.75 Å². The molecule has 12 atom stereocenters. The van der Waals surface area contributed by atoms with Crippen LogP contribution in [0.25, 0.3) is 0 Å². The number of methoxy groups -OCH3 is 1. The van der Waals surface area contributed by atoms with Crippen LogP contribution < -0.4 is 19.5 Å². The molecule has 2 heterocycles. The molecule has 2 fully saturated rings. The molecule has 12 unspecified atom stereocenters. The highest BCUT2D eigenvalue weighted by Crippen LogP contribution is 2.57. The molecule has 0 bridgehead atoms. The zero-order valence-corrected chi connectivity index (χ0v) is 40.3. The fourth-order valence-electron chi connectivity index (χ4n) is 11.3. The first kappa shape index (κ1) is 52.7. The topological polar surface area (TPSA) is 231 Å². The molecule has 1 spiro atoms. The number of hydrogen-bond acceptors (Lipinski definition) is 16. The molecule has 0 radical (unpaired) electrons. The third-order valence-corrected chi connectivity index (χ3v) is 17.6. The first-order chi connectivity index (χ1) is 31.9. The highest BCUT2D eigenvalue weighted by atomic mass is 33.1. The van der Waals surface area contributed by atoms with Crippen LogP contribution >= 0.6 is 21.6 Å². The Kier molecular flexibility index (Phi) is 20.6. The first-order valence-corrected chi connectivity index (χ1v) is 26.4. The van der Waals surface area contributed by atoms with Crippen LogP contribution in [0.4, 0.5) is 0 Å². The van der Waals surface area contributed by atoms with Gasteiger partial charge < -0.3 is 70.2 Å². The number of aromatic hydroxyl groups is 2. The number of aryl methyl sites for hydroxylation is 1. The van der Waals surface area contributed by atoms with Crippen LogP contribution in [0.2, 0.25) is 0 Å². The molecule has 6 rings (SSSR count). The number of ether oxygens (including phenoxy) is 4. The van der Waals surface area contributed by atoms with E-state index in [1.807, 2.05) is 6.07 Å². The number of aliphatic hydroxyl groups excluding tert-OH is 7. The van der Waals surface area contributed by atoms with Gasteiger partial charge in [-0.05, 0) is 155 Å². The molecule has 66 heavy (non-hydrogen) atoms. The van der Waals surface area contributed by atoms with E-state index in [0.29, 0.717) is 61.2 Å². The summed E-state index contributed by atoms with van der Waals surface area (Å²) in [5.41, 5.74) is 2.07.